The maximum Gasteiger partial charge on any atom is 0.336 e. The summed E-state index contributed by atoms with van der Waals surface area (Å²) in [5, 5.41) is 8.99. The van der Waals surface area contributed by atoms with Crippen LogP contribution in [0.5, 0.6) is 0 Å². The Morgan fingerprint density at radius 1 is 1.29 bits per heavy atom. The van der Waals surface area contributed by atoms with Crippen LogP contribution in [-0.4, -0.2) is 22.8 Å². The van der Waals surface area contributed by atoms with Gasteiger partial charge in [0, 0.05) is 6.42 Å². The number of carboxylic acids is 1. The van der Waals surface area contributed by atoms with Crippen LogP contribution in [0.1, 0.15) is 35.2 Å². The van der Waals surface area contributed by atoms with Crippen molar-refractivity contribution in [2.75, 3.05) is 0 Å². The summed E-state index contributed by atoms with van der Waals surface area (Å²) in [5.41, 5.74) is 5.24. The molecular formula is C12H13NO4. The van der Waals surface area contributed by atoms with Gasteiger partial charge in [0.05, 0.1) is 5.56 Å². The fourth-order valence-corrected chi connectivity index (χ4v) is 1.63. The molecule has 1 aromatic rings. The molecule has 0 spiro atoms. The van der Waals surface area contributed by atoms with Crippen LogP contribution >= 0.6 is 0 Å². The Hall–Kier alpha value is -2.17. The van der Waals surface area contributed by atoms with E-state index in [4.69, 9.17) is 10.8 Å². The van der Waals surface area contributed by atoms with Gasteiger partial charge in [-0.2, -0.15) is 0 Å². The molecule has 0 bridgehead atoms. The lowest BCUT2D eigenvalue weighted by atomic mass is 9.89. The normalized spacial score (nSPS) is 11.8. The molecule has 0 aliphatic rings. The smallest absolute Gasteiger partial charge is 0.336 e. The second-order valence-electron chi connectivity index (χ2n) is 3.55. The van der Waals surface area contributed by atoms with Crippen molar-refractivity contribution in [1.29, 1.82) is 0 Å². The Labute approximate surface area is 98.2 Å². The summed E-state index contributed by atoms with van der Waals surface area (Å²) in [6, 6.07) is 5.88. The zero-order valence-electron chi connectivity index (χ0n) is 9.34. The lowest BCUT2D eigenvalue weighted by Crippen LogP contribution is -2.29. The minimum atomic E-state index is -1.19. The molecule has 0 saturated heterocycles. The summed E-state index contributed by atoms with van der Waals surface area (Å²) >= 11 is 0. The maximum absolute atomic E-state index is 11.6. The van der Waals surface area contributed by atoms with Crippen LogP contribution in [0.4, 0.5) is 0 Å². The van der Waals surface area contributed by atoms with Crippen molar-refractivity contribution in [3.05, 3.63) is 35.4 Å². The first kappa shape index (κ1) is 12.9. The molecule has 0 radical (unpaired) electrons. The first-order valence-corrected chi connectivity index (χ1v) is 5.13. The lowest BCUT2D eigenvalue weighted by molar-refractivity contribution is -0.128. The molecule has 1 aromatic carbocycles. The van der Waals surface area contributed by atoms with Gasteiger partial charge >= 0.3 is 5.97 Å². The van der Waals surface area contributed by atoms with Crippen molar-refractivity contribution in [1.82, 2.24) is 0 Å². The van der Waals surface area contributed by atoms with Crippen molar-refractivity contribution in [3.8, 4) is 0 Å². The number of nitrogens with two attached hydrogens (primary N) is 1. The van der Waals surface area contributed by atoms with Gasteiger partial charge in [-0.15, -0.1) is 0 Å². The average Bonchev–Trinajstić information content (AvgIpc) is 2.29. The summed E-state index contributed by atoms with van der Waals surface area (Å²) in [5.74, 6) is -3.58. The van der Waals surface area contributed by atoms with E-state index in [2.05, 4.69) is 0 Å². The van der Waals surface area contributed by atoms with E-state index in [1.165, 1.54) is 18.2 Å². The predicted molar refractivity (Wildman–Crippen MR) is 60.6 cm³/mol. The molecule has 1 amide bonds. The van der Waals surface area contributed by atoms with Gasteiger partial charge < -0.3 is 10.8 Å². The average molecular weight is 235 g/mol. The van der Waals surface area contributed by atoms with Crippen LogP contribution in [0.2, 0.25) is 0 Å². The van der Waals surface area contributed by atoms with Crippen molar-refractivity contribution in [2.45, 2.75) is 19.3 Å². The van der Waals surface area contributed by atoms with Gasteiger partial charge in [0.15, 0.2) is 0 Å². The fourth-order valence-electron chi connectivity index (χ4n) is 1.63. The molecule has 0 aliphatic carbocycles. The Kier molecular flexibility index (Phi) is 3.98. The maximum atomic E-state index is 11.6. The highest BCUT2D eigenvalue weighted by molar-refractivity contribution is 6.08. The zero-order valence-corrected chi connectivity index (χ0v) is 9.34. The fraction of sp³-hybridized carbons (Fsp3) is 0.250. The molecular weight excluding hydrogens is 222 g/mol. The van der Waals surface area contributed by atoms with E-state index in [-0.39, 0.29) is 23.3 Å². The molecule has 1 rings (SSSR count). The van der Waals surface area contributed by atoms with Gasteiger partial charge in [-0.25, -0.2) is 4.79 Å². The number of aromatic carboxylic acids is 1. The Bertz CT molecular complexity index is 467. The molecule has 0 heterocycles. The van der Waals surface area contributed by atoms with Gasteiger partial charge in [0.2, 0.25) is 5.91 Å². The van der Waals surface area contributed by atoms with Crippen molar-refractivity contribution in [3.63, 3.8) is 0 Å². The number of amides is 1. The van der Waals surface area contributed by atoms with E-state index in [0.717, 1.165) is 0 Å². The van der Waals surface area contributed by atoms with Crippen molar-refractivity contribution < 1.29 is 19.5 Å². The minimum Gasteiger partial charge on any atom is -0.478 e. The summed E-state index contributed by atoms with van der Waals surface area (Å²) in [6.07, 6.45) is 0.127. The van der Waals surface area contributed by atoms with Crippen LogP contribution in [0.3, 0.4) is 0 Å². The molecule has 90 valence electrons. The molecule has 0 saturated carbocycles. The number of carbonyl (C=O) groups is 3. The molecule has 3 N–H and O–H groups in total. The number of benzene rings is 1. The highest BCUT2D eigenvalue weighted by Gasteiger charge is 2.28. The molecule has 17 heavy (non-hydrogen) atoms. The largest absolute Gasteiger partial charge is 0.478 e. The molecule has 1 atom stereocenters. The number of hydrogen-bond acceptors (Lipinski definition) is 3. The van der Waals surface area contributed by atoms with Crippen LogP contribution in [0.15, 0.2) is 24.3 Å². The second kappa shape index (κ2) is 5.25. The Balaban J connectivity index is 3.33. The van der Waals surface area contributed by atoms with Crippen LogP contribution in [0, 0.1) is 0 Å². The molecule has 5 heteroatoms. The lowest BCUT2D eigenvalue weighted by Gasteiger charge is -2.13. The Morgan fingerprint density at radius 2 is 1.88 bits per heavy atom. The van der Waals surface area contributed by atoms with E-state index >= 15 is 0 Å². The van der Waals surface area contributed by atoms with Gasteiger partial charge in [-0.05, 0) is 11.6 Å². The van der Waals surface area contributed by atoms with Gasteiger partial charge in [-0.3, -0.25) is 9.59 Å². The molecule has 0 aromatic heterocycles. The first-order chi connectivity index (χ1) is 7.99. The number of primary amides is 1. The number of carboxylic acid groups (broad SMARTS) is 1. The topological polar surface area (TPSA) is 97.5 Å². The zero-order chi connectivity index (χ0) is 13.0. The standard InChI is InChI=1S/C12H13NO4/c1-2-9(14)10(11(13)15)7-5-3-4-6-8(7)12(16)17/h3-6,10H,2H2,1H3,(H2,13,15)(H,16,17). The highest BCUT2D eigenvalue weighted by Crippen LogP contribution is 2.22. The highest BCUT2D eigenvalue weighted by atomic mass is 16.4. The molecule has 0 fully saturated rings. The molecule has 1 unspecified atom stereocenters. The van der Waals surface area contributed by atoms with E-state index < -0.39 is 17.8 Å². The van der Waals surface area contributed by atoms with Crippen LogP contribution in [0.25, 0.3) is 0 Å². The summed E-state index contributed by atoms with van der Waals surface area (Å²) < 4.78 is 0. The second-order valence-corrected chi connectivity index (χ2v) is 3.55. The van der Waals surface area contributed by atoms with Crippen LogP contribution < -0.4 is 5.73 Å². The first-order valence-electron chi connectivity index (χ1n) is 5.13. The van der Waals surface area contributed by atoms with Gasteiger partial charge in [0.25, 0.3) is 0 Å². The van der Waals surface area contributed by atoms with E-state index in [1.54, 1.807) is 13.0 Å². The third-order valence-electron chi connectivity index (χ3n) is 2.46. The third kappa shape index (κ3) is 2.69. The predicted octanol–water partition coefficient (Wildman–Crippen LogP) is 0.933. The van der Waals surface area contributed by atoms with Crippen molar-refractivity contribution in [2.24, 2.45) is 5.73 Å². The minimum absolute atomic E-state index is 0.0712. The number of hydrogen-bond donors (Lipinski definition) is 2. The van der Waals surface area contributed by atoms with Crippen molar-refractivity contribution >= 4 is 17.7 Å². The number of Topliss-reactive ketones (excluding diaryl/α,β-unsaturated/α-hetero) is 1. The monoisotopic (exact) mass is 235 g/mol. The molecule has 5 nitrogen and oxygen atoms in total. The number of carbonyl (C=O) groups excluding carboxylic acids is 2. The van der Waals surface area contributed by atoms with Gasteiger partial charge in [-0.1, -0.05) is 25.1 Å². The SMILES string of the molecule is CCC(=O)C(C(N)=O)c1ccccc1C(=O)O. The third-order valence-corrected chi connectivity index (χ3v) is 2.46. The van der Waals surface area contributed by atoms with E-state index in [0.29, 0.717) is 0 Å². The van der Waals surface area contributed by atoms with Gasteiger partial charge in [0.1, 0.15) is 11.7 Å². The number of ketones is 1. The summed E-state index contributed by atoms with van der Waals surface area (Å²) in [7, 11) is 0. The summed E-state index contributed by atoms with van der Waals surface area (Å²) in [6.45, 7) is 1.60. The van der Waals surface area contributed by atoms with Crippen LogP contribution in [-0.2, 0) is 9.59 Å². The van der Waals surface area contributed by atoms with E-state index in [9.17, 15) is 14.4 Å². The quantitative estimate of drug-likeness (QED) is 0.742. The molecule has 0 aliphatic heterocycles. The van der Waals surface area contributed by atoms with E-state index in [1.807, 2.05) is 0 Å². The Morgan fingerprint density at radius 3 is 2.35 bits per heavy atom. The summed E-state index contributed by atoms with van der Waals surface area (Å²) in [4.78, 5) is 33.9. The number of rotatable bonds is 5.